The predicted molar refractivity (Wildman–Crippen MR) is 63.6 cm³/mol. The summed E-state index contributed by atoms with van der Waals surface area (Å²) in [5, 5.41) is 10.0. The van der Waals surface area contributed by atoms with E-state index in [9.17, 15) is 13.9 Å². The lowest BCUT2D eigenvalue weighted by Gasteiger charge is -2.13. The highest BCUT2D eigenvalue weighted by Gasteiger charge is 2.20. The molecule has 0 spiro atoms. The molecule has 100 valence electrons. The third kappa shape index (κ3) is 2.85. The Morgan fingerprint density at radius 2 is 1.84 bits per heavy atom. The molecule has 1 N–H and O–H groups in total. The van der Waals surface area contributed by atoms with Gasteiger partial charge in [0.2, 0.25) is 5.88 Å². The first-order chi connectivity index (χ1) is 9.13. The molecule has 0 saturated carbocycles. The molecule has 0 saturated heterocycles. The molecule has 1 aromatic carbocycles. The lowest BCUT2D eigenvalue weighted by atomic mass is 10.0. The van der Waals surface area contributed by atoms with Gasteiger partial charge in [-0.3, -0.25) is 4.98 Å². The fourth-order valence-electron chi connectivity index (χ4n) is 1.74. The topological polar surface area (TPSA) is 55.2 Å². The van der Waals surface area contributed by atoms with E-state index < -0.39 is 17.7 Å². The lowest BCUT2D eigenvalue weighted by molar-refractivity contribution is 0.165. The Hall–Kier alpha value is -2.08. The summed E-state index contributed by atoms with van der Waals surface area (Å²) in [7, 11) is 1.38. The maximum atomic E-state index is 13.5. The first-order valence-corrected chi connectivity index (χ1v) is 5.59. The summed E-state index contributed by atoms with van der Waals surface area (Å²) in [5.74, 6) is -1.28. The van der Waals surface area contributed by atoms with Gasteiger partial charge in [-0.15, -0.1) is 0 Å². The van der Waals surface area contributed by atoms with E-state index in [-0.39, 0.29) is 23.6 Å². The van der Waals surface area contributed by atoms with E-state index in [1.807, 2.05) is 0 Å². The molecule has 0 bridgehead atoms. The molecule has 1 unspecified atom stereocenters. The fraction of sp³-hybridized carbons (Fsp3) is 0.231. The van der Waals surface area contributed by atoms with Crippen LogP contribution in [0.25, 0.3) is 0 Å². The van der Waals surface area contributed by atoms with E-state index in [0.29, 0.717) is 0 Å². The second-order valence-electron chi connectivity index (χ2n) is 3.87. The van der Waals surface area contributed by atoms with Gasteiger partial charge in [-0.2, -0.15) is 0 Å². The van der Waals surface area contributed by atoms with Crippen molar-refractivity contribution in [2.75, 3.05) is 7.11 Å². The molecule has 2 rings (SSSR count). The summed E-state index contributed by atoms with van der Waals surface area (Å²) in [6, 6.07) is 3.54. The van der Waals surface area contributed by atoms with E-state index in [1.54, 1.807) is 0 Å². The Morgan fingerprint density at radius 3 is 2.47 bits per heavy atom. The maximum Gasteiger partial charge on any atom is 0.238 e. The summed E-state index contributed by atoms with van der Waals surface area (Å²) in [4.78, 5) is 7.80. The van der Waals surface area contributed by atoms with Gasteiger partial charge in [0.1, 0.15) is 23.4 Å². The van der Waals surface area contributed by atoms with Crippen molar-refractivity contribution < 1.29 is 18.6 Å². The zero-order valence-electron chi connectivity index (χ0n) is 10.2. The largest absolute Gasteiger partial charge is 0.480 e. The molecule has 19 heavy (non-hydrogen) atoms. The number of ether oxygens (including phenoxy) is 1. The number of hydrogen-bond acceptors (Lipinski definition) is 4. The zero-order chi connectivity index (χ0) is 13.8. The number of nitrogens with zero attached hydrogens (tertiary/aromatic N) is 2. The van der Waals surface area contributed by atoms with Crippen molar-refractivity contribution in [1.82, 2.24) is 9.97 Å². The summed E-state index contributed by atoms with van der Waals surface area (Å²) in [5.41, 5.74) is -0.0460. The Bertz CT molecular complexity index is 558. The van der Waals surface area contributed by atoms with Gasteiger partial charge in [0.15, 0.2) is 0 Å². The molecule has 4 nitrogen and oxygen atoms in total. The van der Waals surface area contributed by atoms with Crippen LogP contribution in [0.3, 0.4) is 0 Å². The predicted octanol–water partition coefficient (Wildman–Crippen LogP) is 2.04. The number of aromatic nitrogens is 2. The highest BCUT2D eigenvalue weighted by atomic mass is 19.1. The Balaban J connectivity index is 2.28. The number of rotatable bonds is 4. The minimum Gasteiger partial charge on any atom is -0.480 e. The van der Waals surface area contributed by atoms with Crippen LogP contribution in [0.2, 0.25) is 0 Å². The third-order valence-corrected chi connectivity index (χ3v) is 2.66. The van der Waals surface area contributed by atoms with Crippen LogP contribution in [-0.2, 0) is 6.42 Å². The minimum atomic E-state index is -1.20. The second-order valence-corrected chi connectivity index (χ2v) is 3.87. The summed E-state index contributed by atoms with van der Waals surface area (Å²) >= 11 is 0. The molecule has 0 fully saturated rings. The second kappa shape index (κ2) is 5.71. The molecule has 0 aliphatic heterocycles. The molecule has 1 atom stereocenters. The van der Waals surface area contributed by atoms with Crippen molar-refractivity contribution in [3.05, 3.63) is 53.5 Å². The smallest absolute Gasteiger partial charge is 0.238 e. The van der Waals surface area contributed by atoms with Gasteiger partial charge in [0, 0.05) is 24.4 Å². The Kier molecular flexibility index (Phi) is 4.01. The third-order valence-electron chi connectivity index (χ3n) is 2.66. The number of hydrogen-bond donors (Lipinski definition) is 1. The van der Waals surface area contributed by atoms with Crippen LogP contribution < -0.4 is 4.74 Å². The van der Waals surface area contributed by atoms with Gasteiger partial charge < -0.3 is 9.84 Å². The standard InChI is InChI=1S/C13H12F2N2O2/c1-19-13-12(16-5-6-17-13)11(18)7-8-9(14)3-2-4-10(8)15/h2-6,11,18H,7H2,1H3. The summed E-state index contributed by atoms with van der Waals surface area (Å²) < 4.78 is 31.9. The van der Waals surface area contributed by atoms with Crippen LogP contribution >= 0.6 is 0 Å². The highest BCUT2D eigenvalue weighted by Crippen LogP contribution is 2.25. The average molecular weight is 266 g/mol. The van der Waals surface area contributed by atoms with Crippen LogP contribution in [0.1, 0.15) is 17.4 Å². The van der Waals surface area contributed by atoms with E-state index >= 15 is 0 Å². The monoisotopic (exact) mass is 266 g/mol. The number of aliphatic hydroxyl groups excluding tert-OH is 1. The van der Waals surface area contributed by atoms with Crippen LogP contribution in [0.5, 0.6) is 5.88 Å². The highest BCUT2D eigenvalue weighted by molar-refractivity contribution is 5.25. The van der Waals surface area contributed by atoms with Crippen molar-refractivity contribution >= 4 is 0 Å². The van der Waals surface area contributed by atoms with Crippen LogP contribution in [0, 0.1) is 11.6 Å². The first kappa shape index (κ1) is 13.4. The maximum absolute atomic E-state index is 13.5. The van der Waals surface area contributed by atoms with Crippen molar-refractivity contribution in [3.8, 4) is 5.88 Å². The number of halogens is 2. The van der Waals surface area contributed by atoms with Gasteiger partial charge in [-0.25, -0.2) is 13.8 Å². The van der Waals surface area contributed by atoms with Crippen molar-refractivity contribution in [2.24, 2.45) is 0 Å². The molecule has 1 aromatic heterocycles. The van der Waals surface area contributed by atoms with Crippen molar-refractivity contribution in [1.29, 1.82) is 0 Å². The lowest BCUT2D eigenvalue weighted by Crippen LogP contribution is -2.09. The average Bonchev–Trinajstić information content (AvgIpc) is 2.42. The van der Waals surface area contributed by atoms with Gasteiger partial charge in [0.25, 0.3) is 0 Å². The fourth-order valence-corrected chi connectivity index (χ4v) is 1.74. The summed E-state index contributed by atoms with van der Waals surface area (Å²) in [6.07, 6.45) is 1.33. The molecule has 0 amide bonds. The van der Waals surface area contributed by atoms with Crippen LogP contribution in [-0.4, -0.2) is 22.2 Å². The number of methoxy groups -OCH3 is 1. The van der Waals surface area contributed by atoms with Crippen LogP contribution in [0.4, 0.5) is 8.78 Å². The van der Waals surface area contributed by atoms with Gasteiger partial charge >= 0.3 is 0 Å². The zero-order valence-corrected chi connectivity index (χ0v) is 10.2. The molecule has 0 radical (unpaired) electrons. The van der Waals surface area contributed by atoms with Gasteiger partial charge in [-0.1, -0.05) is 6.07 Å². The molecule has 0 aliphatic rings. The van der Waals surface area contributed by atoms with E-state index in [2.05, 4.69) is 9.97 Å². The molecule has 6 heteroatoms. The Labute approximate surface area is 108 Å². The molecule has 2 aromatic rings. The number of benzene rings is 1. The van der Waals surface area contributed by atoms with Crippen molar-refractivity contribution in [3.63, 3.8) is 0 Å². The SMILES string of the molecule is COc1nccnc1C(O)Cc1c(F)cccc1F. The quantitative estimate of drug-likeness (QED) is 0.920. The molecular formula is C13H12F2N2O2. The Morgan fingerprint density at radius 1 is 1.21 bits per heavy atom. The molecule has 0 aliphatic carbocycles. The van der Waals surface area contributed by atoms with Gasteiger partial charge in [-0.05, 0) is 12.1 Å². The number of aliphatic hydroxyl groups is 1. The van der Waals surface area contributed by atoms with Gasteiger partial charge in [0.05, 0.1) is 7.11 Å². The van der Waals surface area contributed by atoms with Crippen molar-refractivity contribution in [2.45, 2.75) is 12.5 Å². The normalized spacial score (nSPS) is 12.2. The molecule has 1 heterocycles. The van der Waals surface area contributed by atoms with Crippen LogP contribution in [0.15, 0.2) is 30.6 Å². The summed E-state index contributed by atoms with van der Waals surface area (Å²) in [6.45, 7) is 0. The van der Waals surface area contributed by atoms with E-state index in [0.717, 1.165) is 12.1 Å². The first-order valence-electron chi connectivity index (χ1n) is 5.59. The molecular weight excluding hydrogens is 254 g/mol. The van der Waals surface area contributed by atoms with E-state index in [4.69, 9.17) is 4.74 Å². The minimum absolute atomic E-state index is 0.131. The van der Waals surface area contributed by atoms with E-state index in [1.165, 1.54) is 25.6 Å².